The molecule has 0 aromatic carbocycles. The largest absolute Gasteiger partial charge is 2.00 e. The Labute approximate surface area is 87.0 Å². The topological polar surface area (TPSA) is 57.5 Å². The molecule has 0 aromatic heterocycles. The van der Waals surface area contributed by atoms with Crippen molar-refractivity contribution in [3.8, 4) is 0 Å². The van der Waals surface area contributed by atoms with E-state index in [1.165, 1.54) is 13.8 Å². The minimum Gasteiger partial charge on any atom is -1.00 e. The first kappa shape index (κ1) is 12.4. The molecule has 0 rings (SSSR count). The van der Waals surface area contributed by atoms with Gasteiger partial charge in [-0.25, -0.2) is 0 Å². The first-order chi connectivity index (χ1) is 3.42. The summed E-state index contributed by atoms with van der Waals surface area (Å²) in [7, 11) is 0. The second-order valence-electron chi connectivity index (χ2n) is 2.38. The standard InChI is InChI=1S/C5H10O3.Ca.2H/c1-5(2,8)3-4(6)7;;;/h8H,3H2,1-2H3,(H,6,7);;;/q;+2;2*-1. The molecule has 0 heterocycles. The Morgan fingerprint density at radius 2 is 2.00 bits per heavy atom. The predicted octanol–water partition coefficient (Wildman–Crippen LogP) is 0.0762. The van der Waals surface area contributed by atoms with Crippen LogP contribution in [-0.2, 0) is 4.79 Å². The molecule has 0 aliphatic carbocycles. The molecule has 0 atom stereocenters. The molecule has 52 valence electrons. The Balaban J connectivity index is -0.0000000817. The van der Waals surface area contributed by atoms with Crippen molar-refractivity contribution in [2.45, 2.75) is 25.9 Å². The number of hydrogen-bond acceptors (Lipinski definition) is 2. The maximum absolute atomic E-state index is 9.85. The zero-order valence-corrected chi connectivity index (χ0v) is 7.93. The van der Waals surface area contributed by atoms with Gasteiger partial charge in [0.25, 0.3) is 0 Å². The molecule has 0 fully saturated rings. The molecule has 0 amide bonds. The molecule has 0 aliphatic rings. The van der Waals surface area contributed by atoms with Gasteiger partial charge in [0.15, 0.2) is 0 Å². The number of hydrogen-bond donors (Lipinski definition) is 2. The van der Waals surface area contributed by atoms with Crippen LogP contribution in [0, 0.1) is 0 Å². The molecule has 0 unspecified atom stereocenters. The minimum atomic E-state index is -1.08. The van der Waals surface area contributed by atoms with Crippen LogP contribution in [0.3, 0.4) is 0 Å². The fourth-order valence-electron chi connectivity index (χ4n) is 0.370. The molecule has 0 saturated heterocycles. The average molecular weight is 160 g/mol. The summed E-state index contributed by atoms with van der Waals surface area (Å²) in [6.07, 6.45) is -0.201. The number of rotatable bonds is 2. The number of carboxylic acids is 1. The van der Waals surface area contributed by atoms with E-state index in [-0.39, 0.29) is 47.0 Å². The van der Waals surface area contributed by atoms with Crippen LogP contribution in [0.4, 0.5) is 0 Å². The summed E-state index contributed by atoms with van der Waals surface area (Å²) in [5.74, 6) is -0.975. The van der Waals surface area contributed by atoms with Gasteiger partial charge in [0, 0.05) is 0 Å². The zero-order chi connectivity index (χ0) is 6.78. The van der Waals surface area contributed by atoms with Crippen molar-refractivity contribution in [3.63, 3.8) is 0 Å². The molecule has 0 aromatic rings. The van der Waals surface area contributed by atoms with Crippen LogP contribution < -0.4 is 0 Å². The van der Waals surface area contributed by atoms with Gasteiger partial charge >= 0.3 is 43.7 Å². The third-order valence-corrected chi connectivity index (χ3v) is 0.584. The van der Waals surface area contributed by atoms with Gasteiger partial charge in [-0.3, -0.25) is 4.79 Å². The van der Waals surface area contributed by atoms with Crippen LogP contribution in [-0.4, -0.2) is 59.5 Å². The first-order valence-electron chi connectivity index (χ1n) is 2.36. The van der Waals surface area contributed by atoms with E-state index in [0.29, 0.717) is 0 Å². The van der Waals surface area contributed by atoms with E-state index in [4.69, 9.17) is 10.2 Å². The number of aliphatic hydroxyl groups is 1. The Hall–Kier alpha value is 0.690. The van der Waals surface area contributed by atoms with E-state index in [0.717, 1.165) is 0 Å². The Morgan fingerprint density at radius 1 is 1.67 bits per heavy atom. The molecule has 3 nitrogen and oxygen atoms in total. The number of carboxylic acid groups (broad SMARTS) is 1. The smallest absolute Gasteiger partial charge is 1.00 e. The van der Waals surface area contributed by atoms with E-state index in [1.54, 1.807) is 0 Å². The molecule has 0 bridgehead atoms. The van der Waals surface area contributed by atoms with Gasteiger partial charge in [0.1, 0.15) is 0 Å². The molecule has 0 saturated carbocycles. The third-order valence-electron chi connectivity index (χ3n) is 0.584. The molecule has 0 radical (unpaired) electrons. The van der Waals surface area contributed by atoms with Crippen molar-refractivity contribution in [3.05, 3.63) is 0 Å². The summed E-state index contributed by atoms with van der Waals surface area (Å²) in [4.78, 5) is 9.85. The van der Waals surface area contributed by atoms with E-state index in [1.807, 2.05) is 0 Å². The van der Waals surface area contributed by atoms with Crippen LogP contribution in [0.5, 0.6) is 0 Å². The summed E-state index contributed by atoms with van der Waals surface area (Å²) in [5.41, 5.74) is -1.08. The number of carbonyl (C=O) groups is 1. The molecule has 0 spiro atoms. The number of aliphatic carboxylic acids is 1. The van der Waals surface area contributed by atoms with Gasteiger partial charge in [0.05, 0.1) is 12.0 Å². The molecule has 2 N–H and O–H groups in total. The van der Waals surface area contributed by atoms with Gasteiger partial charge in [0.2, 0.25) is 0 Å². The Morgan fingerprint density at radius 3 is 2.00 bits per heavy atom. The van der Waals surface area contributed by atoms with Crippen LogP contribution in [0.1, 0.15) is 23.1 Å². The SMILES string of the molecule is CC(C)(O)CC(=O)O.[Ca+2].[H-].[H-]. The normalized spacial score (nSPS) is 10.1. The molecule has 4 heteroatoms. The van der Waals surface area contributed by atoms with Crippen molar-refractivity contribution in [1.29, 1.82) is 0 Å². The van der Waals surface area contributed by atoms with Gasteiger partial charge in [-0.15, -0.1) is 0 Å². The van der Waals surface area contributed by atoms with Crippen LogP contribution >= 0.6 is 0 Å². The summed E-state index contributed by atoms with van der Waals surface area (Å²) in [5, 5.41) is 16.9. The molecule has 0 aliphatic heterocycles. The Kier molecular flexibility index (Phi) is 6.18. The summed E-state index contributed by atoms with van der Waals surface area (Å²) >= 11 is 0. The van der Waals surface area contributed by atoms with E-state index >= 15 is 0 Å². The van der Waals surface area contributed by atoms with Gasteiger partial charge in [-0.2, -0.15) is 0 Å². The molecular weight excluding hydrogens is 148 g/mol. The van der Waals surface area contributed by atoms with Crippen molar-refractivity contribution in [2.75, 3.05) is 0 Å². The van der Waals surface area contributed by atoms with E-state index in [2.05, 4.69) is 0 Å². The van der Waals surface area contributed by atoms with Gasteiger partial charge < -0.3 is 13.1 Å². The fourth-order valence-corrected chi connectivity index (χ4v) is 0.370. The zero-order valence-electron chi connectivity index (χ0n) is 7.72. The first-order valence-corrected chi connectivity index (χ1v) is 2.36. The quantitative estimate of drug-likeness (QED) is 0.562. The average Bonchev–Trinajstić information content (AvgIpc) is 1.21. The molecule has 9 heavy (non-hydrogen) atoms. The van der Waals surface area contributed by atoms with Crippen molar-refractivity contribution in [2.24, 2.45) is 0 Å². The fraction of sp³-hybridized carbons (Fsp3) is 0.800. The maximum Gasteiger partial charge on any atom is 2.00 e. The second kappa shape index (κ2) is 4.50. The molecular formula is C5H12CaO3. The maximum atomic E-state index is 9.85. The summed E-state index contributed by atoms with van der Waals surface area (Å²) < 4.78 is 0. The van der Waals surface area contributed by atoms with Crippen molar-refractivity contribution in [1.82, 2.24) is 0 Å². The van der Waals surface area contributed by atoms with Crippen molar-refractivity contribution >= 4 is 43.7 Å². The van der Waals surface area contributed by atoms with Crippen LogP contribution in [0.15, 0.2) is 0 Å². The van der Waals surface area contributed by atoms with Gasteiger partial charge in [-0.1, -0.05) is 0 Å². The summed E-state index contributed by atoms with van der Waals surface area (Å²) in [6, 6.07) is 0. The van der Waals surface area contributed by atoms with Crippen molar-refractivity contribution < 1.29 is 17.9 Å². The second-order valence-corrected chi connectivity index (χ2v) is 2.38. The minimum absolute atomic E-state index is 0. The monoisotopic (exact) mass is 160 g/mol. The van der Waals surface area contributed by atoms with Gasteiger partial charge in [-0.05, 0) is 13.8 Å². The van der Waals surface area contributed by atoms with Crippen LogP contribution in [0.25, 0.3) is 0 Å². The predicted molar refractivity (Wildman–Crippen MR) is 36.5 cm³/mol. The summed E-state index contributed by atoms with van der Waals surface area (Å²) in [6.45, 7) is 2.92. The van der Waals surface area contributed by atoms with Crippen LogP contribution in [0.2, 0.25) is 0 Å². The van der Waals surface area contributed by atoms with E-state index in [9.17, 15) is 4.79 Å². The third kappa shape index (κ3) is 12.0. The Bertz CT molecular complexity index is 102. The van der Waals surface area contributed by atoms with E-state index < -0.39 is 11.6 Å².